The van der Waals surface area contributed by atoms with Gasteiger partial charge in [-0.25, -0.2) is 0 Å². The normalized spacial score (nSPS) is 18.7. The van der Waals surface area contributed by atoms with Crippen molar-refractivity contribution in [2.45, 2.75) is 163 Å². The Labute approximate surface area is 243 Å². The molecule has 2 heteroatoms. The summed E-state index contributed by atoms with van der Waals surface area (Å²) in [6, 6.07) is 0. The van der Waals surface area contributed by atoms with Gasteiger partial charge in [-0.3, -0.25) is 0 Å². The second-order valence-corrected chi connectivity index (χ2v) is 23.5. The first kappa shape index (κ1) is 38.2. The van der Waals surface area contributed by atoms with Crippen LogP contribution in [-0.2, 0) is 4.57 Å². The number of hydrogen-bond acceptors (Lipinski definition) is 1. The first-order valence-corrected chi connectivity index (χ1v) is 18.3. The maximum absolute atomic E-state index is 15.0. The van der Waals surface area contributed by atoms with Gasteiger partial charge in [0.15, 0.2) is 0 Å². The maximum Gasteiger partial charge on any atom is 0.0885 e. The molecular formula is C36H75OP. The van der Waals surface area contributed by atoms with Gasteiger partial charge in [-0.2, -0.15) is 0 Å². The highest BCUT2D eigenvalue weighted by Crippen LogP contribution is 2.55. The van der Waals surface area contributed by atoms with Gasteiger partial charge in [0.05, 0.1) is 7.14 Å². The third-order valence-corrected chi connectivity index (χ3v) is 11.5. The van der Waals surface area contributed by atoms with Crippen molar-refractivity contribution >= 4 is 7.14 Å². The lowest BCUT2D eigenvalue weighted by Crippen LogP contribution is -2.27. The predicted molar refractivity (Wildman–Crippen MR) is 177 cm³/mol. The molecule has 0 aliphatic carbocycles. The third kappa shape index (κ3) is 19.3. The summed E-state index contributed by atoms with van der Waals surface area (Å²) in [5.41, 5.74) is 1.82. The van der Waals surface area contributed by atoms with E-state index in [9.17, 15) is 4.57 Å². The molecule has 0 heterocycles. The summed E-state index contributed by atoms with van der Waals surface area (Å²) in [6.45, 7) is 42.9. The molecule has 38 heavy (non-hydrogen) atoms. The third-order valence-electron chi connectivity index (χ3n) is 7.66. The van der Waals surface area contributed by atoms with Crippen LogP contribution in [0.5, 0.6) is 0 Å². The second kappa shape index (κ2) is 13.5. The number of hydrogen-bond donors (Lipinski definition) is 0. The van der Waals surface area contributed by atoms with Gasteiger partial charge in [0.1, 0.15) is 0 Å². The molecule has 0 saturated heterocycles. The molecule has 0 aromatic heterocycles. The van der Waals surface area contributed by atoms with Crippen LogP contribution in [0.25, 0.3) is 0 Å². The Morgan fingerprint density at radius 2 is 0.605 bits per heavy atom. The lowest BCUT2D eigenvalue weighted by atomic mass is 9.72. The molecule has 230 valence electrons. The van der Waals surface area contributed by atoms with Crippen molar-refractivity contribution in [2.75, 3.05) is 18.5 Å². The summed E-state index contributed by atoms with van der Waals surface area (Å²) in [7, 11) is -2.30. The van der Waals surface area contributed by atoms with E-state index in [0.717, 1.165) is 18.5 Å². The Kier molecular flexibility index (Phi) is 13.6. The van der Waals surface area contributed by atoms with Crippen molar-refractivity contribution in [1.82, 2.24) is 0 Å². The molecule has 0 fully saturated rings. The van der Waals surface area contributed by atoms with Gasteiger partial charge in [-0.1, -0.05) is 125 Å². The first-order chi connectivity index (χ1) is 16.4. The van der Waals surface area contributed by atoms with E-state index < -0.39 is 7.14 Å². The van der Waals surface area contributed by atoms with Gasteiger partial charge in [0.25, 0.3) is 0 Å². The van der Waals surface area contributed by atoms with Crippen LogP contribution >= 0.6 is 7.14 Å². The molecule has 0 spiro atoms. The average molecular weight is 555 g/mol. The van der Waals surface area contributed by atoms with E-state index >= 15 is 0 Å². The number of rotatable bonds is 15. The molecule has 3 unspecified atom stereocenters. The Balaban J connectivity index is 5.78. The van der Waals surface area contributed by atoms with Crippen molar-refractivity contribution in [3.63, 3.8) is 0 Å². The molecule has 0 saturated carbocycles. The molecule has 0 amide bonds. The highest BCUT2D eigenvalue weighted by atomic mass is 31.2. The molecule has 0 rings (SSSR count). The molecule has 3 atom stereocenters. The SMILES string of the molecule is CC(CC(C)(C)CC(C)(C)C)CP(=O)(CC(C)CC(C)(C)CC(C)(C)C)CC(C)CC(C)(C)CC(C)(C)C. The molecule has 0 aromatic carbocycles. The Bertz CT molecular complexity index is 635. The van der Waals surface area contributed by atoms with Crippen LogP contribution in [0.15, 0.2) is 0 Å². The van der Waals surface area contributed by atoms with E-state index in [4.69, 9.17) is 0 Å². The van der Waals surface area contributed by atoms with Crippen molar-refractivity contribution in [3.8, 4) is 0 Å². The fraction of sp³-hybridized carbons (Fsp3) is 1.00. The lowest BCUT2D eigenvalue weighted by Gasteiger charge is -2.38. The molecule has 0 bridgehead atoms. The van der Waals surface area contributed by atoms with E-state index in [1.807, 2.05) is 0 Å². The monoisotopic (exact) mass is 555 g/mol. The average Bonchev–Trinajstić information content (AvgIpc) is 2.42. The van der Waals surface area contributed by atoms with Crippen LogP contribution < -0.4 is 0 Å². The minimum Gasteiger partial charge on any atom is -0.324 e. The summed E-state index contributed by atoms with van der Waals surface area (Å²) >= 11 is 0. The van der Waals surface area contributed by atoms with E-state index in [1.165, 1.54) is 38.5 Å². The highest BCUT2D eigenvalue weighted by molar-refractivity contribution is 7.63. The molecule has 0 aliphatic heterocycles. The van der Waals surface area contributed by atoms with Gasteiger partial charge < -0.3 is 4.57 Å². The van der Waals surface area contributed by atoms with Crippen LogP contribution in [0, 0.1) is 50.2 Å². The standard InChI is InChI=1S/C36H75OP/c1-28(19-34(13,14)25-31(4,5)6)22-38(37,23-29(2)20-35(15,16)26-32(7,8)9)24-30(3)21-36(17,18)27-33(10,11)12/h28-30H,19-27H2,1-18H3. The Morgan fingerprint density at radius 1 is 0.421 bits per heavy atom. The van der Waals surface area contributed by atoms with Gasteiger partial charge in [-0.15, -0.1) is 0 Å². The minimum absolute atomic E-state index is 0.281. The second-order valence-electron chi connectivity index (χ2n) is 20.2. The smallest absolute Gasteiger partial charge is 0.0885 e. The topological polar surface area (TPSA) is 17.1 Å². The van der Waals surface area contributed by atoms with Crippen molar-refractivity contribution in [2.24, 2.45) is 50.2 Å². The predicted octanol–water partition coefficient (Wildman–Crippen LogP) is 12.8. The maximum atomic E-state index is 15.0. The summed E-state index contributed by atoms with van der Waals surface area (Å²) in [6.07, 6.45) is 9.92. The van der Waals surface area contributed by atoms with Gasteiger partial charge >= 0.3 is 0 Å². The van der Waals surface area contributed by atoms with Crippen LogP contribution in [0.4, 0.5) is 0 Å². The van der Waals surface area contributed by atoms with Crippen molar-refractivity contribution < 1.29 is 4.57 Å². The van der Waals surface area contributed by atoms with Gasteiger partial charge in [-0.05, 0) is 88.8 Å². The van der Waals surface area contributed by atoms with E-state index in [2.05, 4.69) is 125 Å². The zero-order valence-electron chi connectivity index (χ0n) is 30.0. The van der Waals surface area contributed by atoms with Crippen LogP contribution in [0.2, 0.25) is 0 Å². The molecule has 0 N–H and O–H groups in total. The lowest BCUT2D eigenvalue weighted by molar-refractivity contribution is 0.177. The first-order valence-electron chi connectivity index (χ1n) is 16.0. The summed E-state index contributed by atoms with van der Waals surface area (Å²) < 4.78 is 15.0. The minimum atomic E-state index is -2.30. The zero-order valence-corrected chi connectivity index (χ0v) is 30.8. The van der Waals surface area contributed by atoms with Crippen LogP contribution in [0.3, 0.4) is 0 Å². The zero-order chi connectivity index (χ0) is 30.6. The van der Waals surface area contributed by atoms with E-state index in [0.29, 0.717) is 34.0 Å². The van der Waals surface area contributed by atoms with E-state index in [-0.39, 0.29) is 16.2 Å². The summed E-state index contributed by atoms with van der Waals surface area (Å²) in [5, 5.41) is 0. The Morgan fingerprint density at radius 3 is 0.763 bits per heavy atom. The highest BCUT2D eigenvalue weighted by Gasteiger charge is 2.36. The Hall–Kier alpha value is 0.230. The quantitative estimate of drug-likeness (QED) is 0.184. The largest absolute Gasteiger partial charge is 0.324 e. The molecular weight excluding hydrogens is 479 g/mol. The molecule has 0 radical (unpaired) electrons. The summed E-state index contributed by atoms with van der Waals surface area (Å²) in [4.78, 5) is 0. The van der Waals surface area contributed by atoms with Crippen LogP contribution in [-0.4, -0.2) is 18.5 Å². The van der Waals surface area contributed by atoms with Crippen LogP contribution in [0.1, 0.15) is 163 Å². The molecule has 0 aliphatic rings. The molecule has 0 aromatic rings. The van der Waals surface area contributed by atoms with Gasteiger partial charge in [0.2, 0.25) is 0 Å². The molecule has 1 nitrogen and oxygen atoms in total. The van der Waals surface area contributed by atoms with Crippen molar-refractivity contribution in [1.29, 1.82) is 0 Å². The fourth-order valence-electron chi connectivity index (χ4n) is 9.47. The van der Waals surface area contributed by atoms with Gasteiger partial charge in [0, 0.05) is 18.5 Å². The van der Waals surface area contributed by atoms with Crippen molar-refractivity contribution in [3.05, 3.63) is 0 Å². The van der Waals surface area contributed by atoms with E-state index in [1.54, 1.807) is 0 Å². The fourth-order valence-corrected chi connectivity index (χ4v) is 13.7. The summed E-state index contributed by atoms with van der Waals surface area (Å²) in [5.74, 6) is 1.51.